The second-order valence-corrected chi connectivity index (χ2v) is 5.97. The highest BCUT2D eigenvalue weighted by molar-refractivity contribution is 5.10. The molecule has 0 N–H and O–H groups in total. The fourth-order valence-corrected chi connectivity index (χ4v) is 3.37. The molecule has 0 spiro atoms. The first-order valence-corrected chi connectivity index (χ1v) is 7.76. The summed E-state index contributed by atoms with van der Waals surface area (Å²) in [5.74, 6) is 0. The number of aryl methyl sites for hydroxylation is 1. The molecule has 5 heteroatoms. The third-order valence-corrected chi connectivity index (χ3v) is 4.41. The van der Waals surface area contributed by atoms with Crippen LogP contribution < -0.4 is 0 Å². The zero-order chi connectivity index (χ0) is 14.7. The van der Waals surface area contributed by atoms with Gasteiger partial charge in [0.1, 0.15) is 0 Å². The van der Waals surface area contributed by atoms with Gasteiger partial charge in [0.25, 0.3) is 0 Å². The van der Waals surface area contributed by atoms with Gasteiger partial charge in [-0.3, -0.25) is 14.8 Å². The largest absolute Gasteiger partial charge is 0.383 e. The average molecular weight is 291 g/mol. The highest BCUT2D eigenvalue weighted by atomic mass is 16.5. The van der Waals surface area contributed by atoms with Gasteiger partial charge in [-0.05, 0) is 19.1 Å². The molecule has 0 aliphatic carbocycles. The van der Waals surface area contributed by atoms with Crippen molar-refractivity contribution >= 4 is 0 Å². The molecule has 2 aliphatic rings. The van der Waals surface area contributed by atoms with E-state index in [1.807, 2.05) is 13.0 Å². The van der Waals surface area contributed by atoms with E-state index in [0.717, 1.165) is 57.3 Å². The molecule has 2 aliphatic heterocycles. The summed E-state index contributed by atoms with van der Waals surface area (Å²) in [5.41, 5.74) is 2.24. The Labute approximate surface area is 126 Å². The maximum atomic E-state index is 5.96. The standard InChI is InChI=1S/C16H25N3O2/c1-13-4-3-5-14(17-13)10-18-11-15-16(12-18)21-9-7-19(15)6-8-20-2/h3-5,15-16H,6-12H2,1-2H3/t15-,16+/m1/s1. The molecule has 2 fully saturated rings. The molecule has 0 bridgehead atoms. The highest BCUT2D eigenvalue weighted by Crippen LogP contribution is 2.23. The molecule has 0 unspecified atom stereocenters. The predicted octanol–water partition coefficient (Wildman–Crippen LogP) is 0.921. The van der Waals surface area contributed by atoms with E-state index in [9.17, 15) is 0 Å². The summed E-state index contributed by atoms with van der Waals surface area (Å²) in [7, 11) is 1.77. The predicted molar refractivity (Wildman–Crippen MR) is 81.2 cm³/mol. The lowest BCUT2D eigenvalue weighted by Gasteiger charge is -2.36. The number of aromatic nitrogens is 1. The van der Waals surface area contributed by atoms with Crippen molar-refractivity contribution in [2.24, 2.45) is 0 Å². The van der Waals surface area contributed by atoms with Gasteiger partial charge >= 0.3 is 0 Å². The van der Waals surface area contributed by atoms with Crippen LogP contribution in [-0.2, 0) is 16.0 Å². The summed E-state index contributed by atoms with van der Waals surface area (Å²) in [4.78, 5) is 9.58. The molecule has 0 aromatic carbocycles. The minimum absolute atomic E-state index is 0.334. The first-order chi connectivity index (χ1) is 10.3. The van der Waals surface area contributed by atoms with Crippen LogP contribution in [0.15, 0.2) is 18.2 Å². The Morgan fingerprint density at radius 3 is 3.10 bits per heavy atom. The molecular weight excluding hydrogens is 266 g/mol. The summed E-state index contributed by atoms with van der Waals surface area (Å²) in [6, 6.07) is 6.74. The number of hydrogen-bond acceptors (Lipinski definition) is 5. The minimum Gasteiger partial charge on any atom is -0.383 e. The molecule has 3 heterocycles. The number of fused-ring (bicyclic) bond motifs is 1. The molecule has 2 atom stereocenters. The highest BCUT2D eigenvalue weighted by Gasteiger charge is 2.39. The van der Waals surface area contributed by atoms with Crippen LogP contribution in [0.5, 0.6) is 0 Å². The summed E-state index contributed by atoms with van der Waals surface area (Å²) in [6.45, 7) is 8.66. The zero-order valence-corrected chi connectivity index (χ0v) is 13.0. The molecule has 116 valence electrons. The maximum absolute atomic E-state index is 5.96. The minimum atomic E-state index is 0.334. The Kier molecular flexibility index (Phi) is 4.85. The normalized spacial score (nSPS) is 27.0. The quantitative estimate of drug-likeness (QED) is 0.806. The summed E-state index contributed by atoms with van der Waals surface area (Å²) >= 11 is 0. The van der Waals surface area contributed by atoms with E-state index in [1.165, 1.54) is 0 Å². The van der Waals surface area contributed by atoms with Gasteiger partial charge < -0.3 is 9.47 Å². The lowest BCUT2D eigenvalue weighted by Crippen LogP contribution is -2.51. The van der Waals surface area contributed by atoms with Crippen LogP contribution >= 0.6 is 0 Å². The van der Waals surface area contributed by atoms with Crippen LogP contribution in [0.25, 0.3) is 0 Å². The van der Waals surface area contributed by atoms with Crippen molar-refractivity contribution in [1.82, 2.24) is 14.8 Å². The third-order valence-electron chi connectivity index (χ3n) is 4.41. The first kappa shape index (κ1) is 14.9. The van der Waals surface area contributed by atoms with Gasteiger partial charge in [0.05, 0.1) is 25.0 Å². The summed E-state index contributed by atoms with van der Waals surface area (Å²) < 4.78 is 11.2. The van der Waals surface area contributed by atoms with Crippen LogP contribution in [0.3, 0.4) is 0 Å². The van der Waals surface area contributed by atoms with E-state index < -0.39 is 0 Å². The molecular formula is C16H25N3O2. The van der Waals surface area contributed by atoms with Crippen LogP contribution in [0.1, 0.15) is 11.4 Å². The molecule has 1 aromatic heterocycles. The number of morpholine rings is 1. The lowest BCUT2D eigenvalue weighted by molar-refractivity contribution is -0.0527. The zero-order valence-electron chi connectivity index (χ0n) is 13.0. The molecule has 0 radical (unpaired) electrons. The number of nitrogens with zero attached hydrogens (tertiary/aromatic N) is 3. The summed E-state index contributed by atoms with van der Waals surface area (Å²) in [6.07, 6.45) is 0.334. The van der Waals surface area contributed by atoms with E-state index >= 15 is 0 Å². The topological polar surface area (TPSA) is 37.8 Å². The van der Waals surface area contributed by atoms with E-state index in [-0.39, 0.29) is 0 Å². The molecule has 21 heavy (non-hydrogen) atoms. The number of methoxy groups -OCH3 is 1. The van der Waals surface area contributed by atoms with Gasteiger partial charge in [-0.25, -0.2) is 0 Å². The molecule has 3 rings (SSSR count). The molecule has 2 saturated heterocycles. The fraction of sp³-hybridized carbons (Fsp3) is 0.688. The average Bonchev–Trinajstić information content (AvgIpc) is 2.88. The Morgan fingerprint density at radius 2 is 2.29 bits per heavy atom. The van der Waals surface area contributed by atoms with Crippen molar-refractivity contribution in [2.75, 3.05) is 46.5 Å². The van der Waals surface area contributed by atoms with Crippen molar-refractivity contribution in [1.29, 1.82) is 0 Å². The van der Waals surface area contributed by atoms with Gasteiger partial charge in [0.15, 0.2) is 0 Å². The van der Waals surface area contributed by atoms with Crippen LogP contribution in [0.2, 0.25) is 0 Å². The van der Waals surface area contributed by atoms with Gasteiger partial charge in [0, 0.05) is 51.6 Å². The third kappa shape index (κ3) is 3.61. The number of ether oxygens (including phenoxy) is 2. The smallest absolute Gasteiger partial charge is 0.0870 e. The lowest BCUT2D eigenvalue weighted by atomic mass is 10.1. The molecule has 0 saturated carbocycles. The monoisotopic (exact) mass is 291 g/mol. The Bertz CT molecular complexity index is 469. The van der Waals surface area contributed by atoms with Gasteiger partial charge in [-0.15, -0.1) is 0 Å². The molecule has 1 aromatic rings. The van der Waals surface area contributed by atoms with E-state index in [4.69, 9.17) is 9.47 Å². The van der Waals surface area contributed by atoms with Crippen LogP contribution in [-0.4, -0.2) is 73.4 Å². The van der Waals surface area contributed by atoms with Crippen LogP contribution in [0, 0.1) is 6.92 Å². The summed E-state index contributed by atoms with van der Waals surface area (Å²) in [5, 5.41) is 0. The van der Waals surface area contributed by atoms with Gasteiger partial charge in [0.2, 0.25) is 0 Å². The maximum Gasteiger partial charge on any atom is 0.0870 e. The van der Waals surface area contributed by atoms with E-state index in [1.54, 1.807) is 7.11 Å². The first-order valence-electron chi connectivity index (χ1n) is 7.76. The molecule has 5 nitrogen and oxygen atoms in total. The van der Waals surface area contributed by atoms with Crippen molar-refractivity contribution < 1.29 is 9.47 Å². The van der Waals surface area contributed by atoms with E-state index in [2.05, 4.69) is 26.9 Å². The fourth-order valence-electron chi connectivity index (χ4n) is 3.37. The van der Waals surface area contributed by atoms with E-state index in [0.29, 0.717) is 12.1 Å². The number of likely N-dealkylation sites (tertiary alicyclic amines) is 1. The number of pyridine rings is 1. The van der Waals surface area contributed by atoms with Gasteiger partial charge in [-0.2, -0.15) is 0 Å². The Morgan fingerprint density at radius 1 is 1.38 bits per heavy atom. The van der Waals surface area contributed by atoms with Crippen molar-refractivity contribution in [2.45, 2.75) is 25.6 Å². The number of rotatable bonds is 5. The second kappa shape index (κ2) is 6.83. The second-order valence-electron chi connectivity index (χ2n) is 5.97. The van der Waals surface area contributed by atoms with Crippen molar-refractivity contribution in [3.63, 3.8) is 0 Å². The SMILES string of the molecule is COCCN1CCO[C@H]2CN(Cc3cccc(C)n3)C[C@H]21. The van der Waals surface area contributed by atoms with Crippen molar-refractivity contribution in [3.8, 4) is 0 Å². The Hall–Kier alpha value is -1.01. The van der Waals surface area contributed by atoms with Crippen molar-refractivity contribution in [3.05, 3.63) is 29.6 Å². The Balaban J connectivity index is 1.60. The number of hydrogen-bond donors (Lipinski definition) is 0. The van der Waals surface area contributed by atoms with Gasteiger partial charge in [-0.1, -0.05) is 6.07 Å². The van der Waals surface area contributed by atoms with Crippen LogP contribution in [0.4, 0.5) is 0 Å². The molecule has 0 amide bonds.